The van der Waals surface area contributed by atoms with Crippen LogP contribution in [0.15, 0.2) is 17.1 Å². The number of hydrogen-bond acceptors (Lipinski definition) is 4. The number of carboxylic acids is 1. The smallest absolute Gasteiger partial charge is 0.338 e. The van der Waals surface area contributed by atoms with E-state index in [1.54, 1.807) is 0 Å². The summed E-state index contributed by atoms with van der Waals surface area (Å²) >= 11 is 0. The lowest BCUT2D eigenvalue weighted by molar-refractivity contribution is 0.0692. The maximum atomic E-state index is 12.8. The summed E-state index contributed by atoms with van der Waals surface area (Å²) in [6.45, 7) is 0. The van der Waals surface area contributed by atoms with E-state index in [4.69, 9.17) is 10.2 Å². The molecule has 0 amide bonds. The first-order chi connectivity index (χ1) is 6.56. The third-order valence-corrected chi connectivity index (χ3v) is 1.46. The van der Waals surface area contributed by atoms with Gasteiger partial charge in [0.1, 0.15) is 17.3 Å². The van der Waals surface area contributed by atoms with E-state index in [2.05, 4.69) is 4.99 Å². The van der Waals surface area contributed by atoms with Crippen LogP contribution in [-0.4, -0.2) is 22.3 Å². The van der Waals surface area contributed by atoms with Gasteiger partial charge in [0.15, 0.2) is 0 Å². The second kappa shape index (κ2) is 3.68. The van der Waals surface area contributed by atoms with Gasteiger partial charge in [-0.2, -0.15) is 4.99 Å². The van der Waals surface area contributed by atoms with Crippen LogP contribution in [0.3, 0.4) is 0 Å². The standard InChI is InChI=1S/C8H4FNO4/c9-5-2-7(12)6(10-3-11)1-4(5)8(13)14/h1-2,12H,(H,13,14). The molecule has 1 aromatic carbocycles. The summed E-state index contributed by atoms with van der Waals surface area (Å²) in [5.41, 5.74) is -1.00. The summed E-state index contributed by atoms with van der Waals surface area (Å²) in [7, 11) is 0. The van der Waals surface area contributed by atoms with Crippen molar-refractivity contribution in [3.8, 4) is 5.75 Å². The third kappa shape index (κ3) is 1.75. The van der Waals surface area contributed by atoms with Gasteiger partial charge in [0.05, 0.1) is 5.56 Å². The number of phenolic OH excluding ortho intramolecular Hbond substituents is 1. The quantitative estimate of drug-likeness (QED) is 0.550. The SMILES string of the molecule is O=C=Nc1cc(C(=O)O)c(F)cc1O. The molecule has 0 aliphatic heterocycles. The molecule has 0 aromatic heterocycles. The van der Waals surface area contributed by atoms with Crippen LogP contribution in [0.5, 0.6) is 5.75 Å². The lowest BCUT2D eigenvalue weighted by Crippen LogP contribution is -1.99. The van der Waals surface area contributed by atoms with Crippen molar-refractivity contribution in [3.63, 3.8) is 0 Å². The first kappa shape index (κ1) is 9.88. The highest BCUT2D eigenvalue weighted by molar-refractivity contribution is 5.89. The van der Waals surface area contributed by atoms with Gasteiger partial charge in [-0.05, 0) is 6.07 Å². The molecule has 1 aromatic rings. The van der Waals surface area contributed by atoms with Crippen LogP contribution >= 0.6 is 0 Å². The zero-order valence-corrected chi connectivity index (χ0v) is 6.69. The molecule has 0 spiro atoms. The number of nitrogens with zero attached hydrogens (tertiary/aromatic N) is 1. The van der Waals surface area contributed by atoms with E-state index in [1.807, 2.05) is 0 Å². The molecule has 0 heterocycles. The molecule has 0 fully saturated rings. The van der Waals surface area contributed by atoms with Crippen molar-refractivity contribution >= 4 is 17.7 Å². The van der Waals surface area contributed by atoms with Crippen LogP contribution in [0.25, 0.3) is 0 Å². The average Bonchev–Trinajstić information content (AvgIpc) is 2.09. The van der Waals surface area contributed by atoms with Crippen LogP contribution in [0.2, 0.25) is 0 Å². The zero-order valence-electron chi connectivity index (χ0n) is 6.69. The summed E-state index contributed by atoms with van der Waals surface area (Å²) in [5.74, 6) is -3.22. The molecule has 0 saturated carbocycles. The highest BCUT2D eigenvalue weighted by Gasteiger charge is 2.14. The van der Waals surface area contributed by atoms with Crippen LogP contribution < -0.4 is 0 Å². The van der Waals surface area contributed by atoms with Crippen LogP contribution in [0.4, 0.5) is 10.1 Å². The largest absolute Gasteiger partial charge is 0.506 e. The van der Waals surface area contributed by atoms with E-state index in [0.717, 1.165) is 12.1 Å². The number of aromatic hydroxyl groups is 1. The molecule has 5 nitrogen and oxygen atoms in total. The van der Waals surface area contributed by atoms with Crippen LogP contribution in [-0.2, 0) is 4.79 Å². The monoisotopic (exact) mass is 197 g/mol. The number of carboxylic acid groups (broad SMARTS) is 1. The van der Waals surface area contributed by atoms with Gasteiger partial charge in [-0.25, -0.2) is 14.0 Å². The van der Waals surface area contributed by atoms with E-state index >= 15 is 0 Å². The van der Waals surface area contributed by atoms with Crippen LogP contribution in [0, 0.1) is 5.82 Å². The van der Waals surface area contributed by atoms with Gasteiger partial charge in [-0.3, -0.25) is 0 Å². The maximum Gasteiger partial charge on any atom is 0.338 e. The second-order valence-electron chi connectivity index (χ2n) is 2.33. The fourth-order valence-electron chi connectivity index (χ4n) is 0.854. The molecule has 0 saturated heterocycles. The predicted octanol–water partition coefficient (Wildman–Crippen LogP) is 1.20. The van der Waals surface area contributed by atoms with Gasteiger partial charge < -0.3 is 10.2 Å². The number of halogens is 1. The van der Waals surface area contributed by atoms with Crippen molar-refractivity contribution in [2.75, 3.05) is 0 Å². The summed E-state index contributed by atoms with van der Waals surface area (Å²) in [6.07, 6.45) is 1.11. The molecule has 72 valence electrons. The first-order valence-electron chi connectivity index (χ1n) is 3.40. The molecule has 0 aliphatic rings. The summed E-state index contributed by atoms with van der Waals surface area (Å²) < 4.78 is 12.8. The highest BCUT2D eigenvalue weighted by atomic mass is 19.1. The number of isocyanates is 1. The fraction of sp³-hybridized carbons (Fsp3) is 0. The Labute approximate surface area is 77.1 Å². The fourth-order valence-corrected chi connectivity index (χ4v) is 0.854. The molecule has 0 radical (unpaired) electrons. The van der Waals surface area contributed by atoms with Gasteiger partial charge in [0.2, 0.25) is 6.08 Å². The van der Waals surface area contributed by atoms with E-state index in [9.17, 15) is 14.0 Å². The molecule has 1 rings (SSSR count). The Morgan fingerprint density at radius 2 is 2.14 bits per heavy atom. The van der Waals surface area contributed by atoms with Crippen molar-refractivity contribution in [2.45, 2.75) is 0 Å². The van der Waals surface area contributed by atoms with Gasteiger partial charge in [-0.15, -0.1) is 0 Å². The minimum atomic E-state index is -1.51. The highest BCUT2D eigenvalue weighted by Crippen LogP contribution is 2.28. The molecule has 0 bridgehead atoms. The maximum absolute atomic E-state index is 12.8. The number of carbonyl (C=O) groups excluding carboxylic acids is 1. The number of aromatic carboxylic acids is 1. The van der Waals surface area contributed by atoms with Crippen LogP contribution in [0.1, 0.15) is 10.4 Å². The van der Waals surface area contributed by atoms with E-state index in [1.165, 1.54) is 0 Å². The molecule has 0 unspecified atom stereocenters. The van der Waals surface area contributed by atoms with Crippen molar-refractivity contribution in [1.29, 1.82) is 0 Å². The molecule has 6 heteroatoms. The lowest BCUT2D eigenvalue weighted by Gasteiger charge is -2.00. The number of rotatable bonds is 2. The molecular formula is C8H4FNO4. The first-order valence-corrected chi connectivity index (χ1v) is 3.40. The Kier molecular flexibility index (Phi) is 2.59. The molecule has 14 heavy (non-hydrogen) atoms. The summed E-state index contributed by atoms with van der Waals surface area (Å²) in [4.78, 5) is 23.3. The number of aliphatic imine (C=N–C) groups is 1. The molecular weight excluding hydrogens is 193 g/mol. The minimum absolute atomic E-state index is 0.334. The summed E-state index contributed by atoms with van der Waals surface area (Å²) in [5, 5.41) is 17.5. The van der Waals surface area contributed by atoms with Crippen molar-refractivity contribution < 1.29 is 24.2 Å². The van der Waals surface area contributed by atoms with Crippen molar-refractivity contribution in [3.05, 3.63) is 23.5 Å². The minimum Gasteiger partial charge on any atom is -0.506 e. The second-order valence-corrected chi connectivity index (χ2v) is 2.33. The average molecular weight is 197 g/mol. The van der Waals surface area contributed by atoms with Crippen molar-refractivity contribution in [2.24, 2.45) is 4.99 Å². The normalized spacial score (nSPS) is 9.21. The molecule has 2 N–H and O–H groups in total. The Balaban J connectivity index is 3.41. The van der Waals surface area contributed by atoms with E-state index in [-0.39, 0.29) is 5.69 Å². The molecule has 0 atom stereocenters. The molecule has 0 aliphatic carbocycles. The topological polar surface area (TPSA) is 87.0 Å². The number of phenols is 1. The Morgan fingerprint density at radius 1 is 1.50 bits per heavy atom. The van der Waals surface area contributed by atoms with Gasteiger partial charge >= 0.3 is 5.97 Å². The van der Waals surface area contributed by atoms with Crippen molar-refractivity contribution in [1.82, 2.24) is 0 Å². The third-order valence-electron chi connectivity index (χ3n) is 1.46. The zero-order chi connectivity index (χ0) is 10.7. The number of hydrogen-bond donors (Lipinski definition) is 2. The number of benzene rings is 1. The van der Waals surface area contributed by atoms with E-state index in [0.29, 0.717) is 6.07 Å². The van der Waals surface area contributed by atoms with Gasteiger partial charge in [-0.1, -0.05) is 0 Å². The Bertz CT molecular complexity index is 414. The lowest BCUT2D eigenvalue weighted by atomic mass is 10.2. The van der Waals surface area contributed by atoms with E-state index < -0.39 is 23.1 Å². The van der Waals surface area contributed by atoms with Gasteiger partial charge in [0, 0.05) is 6.07 Å². The Morgan fingerprint density at radius 3 is 2.64 bits per heavy atom. The Hall–Kier alpha value is -2.20. The predicted molar refractivity (Wildman–Crippen MR) is 42.8 cm³/mol. The summed E-state index contributed by atoms with van der Waals surface area (Å²) in [6, 6.07) is 1.32. The van der Waals surface area contributed by atoms with Gasteiger partial charge in [0.25, 0.3) is 0 Å². The number of carbonyl (C=O) groups is 1.